The minimum Gasteiger partial charge on any atom is -0.508 e. The molecule has 1 aromatic rings. The number of phenolic OH excluding ortho intramolecular Hbond substituents is 1. The van der Waals surface area contributed by atoms with E-state index >= 15 is 0 Å². The van der Waals surface area contributed by atoms with Crippen molar-refractivity contribution in [2.75, 3.05) is 40.1 Å². The second-order valence-corrected chi connectivity index (χ2v) is 10.2. The number of aliphatic hydroxyl groups is 3. The summed E-state index contributed by atoms with van der Waals surface area (Å²) in [5.41, 5.74) is 2.14. The number of amides is 2. The number of benzene rings is 1. The second kappa shape index (κ2) is 8.98. The summed E-state index contributed by atoms with van der Waals surface area (Å²) in [6.07, 6.45) is 0.0486. The van der Waals surface area contributed by atoms with Crippen LogP contribution in [0.3, 0.4) is 0 Å². The van der Waals surface area contributed by atoms with Gasteiger partial charge in [0.1, 0.15) is 22.8 Å². The molecule has 4 atom stereocenters. The molecule has 0 bridgehead atoms. The fourth-order valence-electron chi connectivity index (χ4n) is 5.84. The quantitative estimate of drug-likeness (QED) is 0.220. The Hall–Kier alpha value is -3.74. The Bertz CT molecular complexity index is 1300. The predicted octanol–water partition coefficient (Wildman–Crippen LogP) is -0.536. The number of carbonyl (C=O) groups excluding carboxylic acids is 4. The zero-order valence-electron chi connectivity index (χ0n) is 20.9. The van der Waals surface area contributed by atoms with E-state index < -0.39 is 58.0 Å². The number of carbonyl (C=O) groups is 4. The van der Waals surface area contributed by atoms with Crippen molar-refractivity contribution in [2.24, 2.45) is 17.6 Å². The standard InChI is InChI=1S/C25H30N4O8/c1-28(2)9-15(31)27-13-5-6-14(30)17-11(13)7-10-8-12-19(29(3)4)21(33)18(24(26)36)23(35)25(12,37)22(34)16(10)20(17)32/h5-6,10,12,19,30,32,35,37H,7-9H2,1-4H3,(H2,26,36)(H,27,31)/t10?,12?,19?,25-/m0/s1. The number of fused-ring (bicyclic) bond motifs is 3. The third kappa shape index (κ3) is 3.88. The number of nitrogens with one attached hydrogen (secondary N) is 1. The molecule has 0 aromatic heterocycles. The van der Waals surface area contributed by atoms with Crippen LogP contribution in [0, 0.1) is 11.8 Å². The number of likely N-dealkylation sites (N-methyl/N-ethyl adjacent to an activating group) is 2. The molecule has 3 aliphatic rings. The van der Waals surface area contributed by atoms with Crippen LogP contribution in [0.1, 0.15) is 17.5 Å². The lowest BCUT2D eigenvalue weighted by Crippen LogP contribution is -2.65. The van der Waals surface area contributed by atoms with Crippen molar-refractivity contribution in [3.8, 4) is 5.75 Å². The minimum atomic E-state index is -2.70. The number of primary amides is 1. The number of rotatable bonds is 5. The molecular formula is C25H30N4O8. The Labute approximate surface area is 212 Å². The Morgan fingerprint density at radius 3 is 2.35 bits per heavy atom. The second-order valence-electron chi connectivity index (χ2n) is 10.2. The molecule has 12 heteroatoms. The summed E-state index contributed by atoms with van der Waals surface area (Å²) in [6.45, 7) is 0.0835. The maximum absolute atomic E-state index is 13.8. The van der Waals surface area contributed by atoms with Gasteiger partial charge in [-0.2, -0.15) is 0 Å². The maximum Gasteiger partial charge on any atom is 0.255 e. The number of aliphatic hydroxyl groups excluding tert-OH is 2. The normalized spacial score (nSPS) is 27.3. The van der Waals surface area contributed by atoms with Gasteiger partial charge in [0.2, 0.25) is 11.7 Å². The highest BCUT2D eigenvalue weighted by Crippen LogP contribution is 2.53. The van der Waals surface area contributed by atoms with Crippen LogP contribution in [0.4, 0.5) is 5.69 Å². The Kier molecular flexibility index (Phi) is 6.39. The number of aromatic hydroxyl groups is 1. The van der Waals surface area contributed by atoms with Gasteiger partial charge in [0.15, 0.2) is 11.4 Å². The van der Waals surface area contributed by atoms with Gasteiger partial charge in [0.05, 0.1) is 18.2 Å². The largest absolute Gasteiger partial charge is 0.508 e. The summed E-state index contributed by atoms with van der Waals surface area (Å²) in [5.74, 6) is -7.54. The molecule has 3 aliphatic carbocycles. The topological polar surface area (TPSA) is 194 Å². The summed E-state index contributed by atoms with van der Waals surface area (Å²) in [5, 5.41) is 47.0. The summed E-state index contributed by atoms with van der Waals surface area (Å²) in [4.78, 5) is 54.5. The lowest BCUT2D eigenvalue weighted by molar-refractivity contribution is -0.153. The lowest BCUT2D eigenvalue weighted by Gasteiger charge is -2.50. The van der Waals surface area contributed by atoms with Gasteiger partial charge in [-0.3, -0.25) is 24.1 Å². The van der Waals surface area contributed by atoms with Crippen LogP contribution in [0.25, 0.3) is 5.76 Å². The van der Waals surface area contributed by atoms with Gasteiger partial charge in [0, 0.05) is 17.2 Å². The highest BCUT2D eigenvalue weighted by Gasteiger charge is 2.64. The minimum absolute atomic E-state index is 0.0352. The number of phenols is 1. The molecule has 3 unspecified atom stereocenters. The van der Waals surface area contributed by atoms with Crippen molar-refractivity contribution in [2.45, 2.75) is 24.5 Å². The molecule has 37 heavy (non-hydrogen) atoms. The van der Waals surface area contributed by atoms with Crippen LogP contribution >= 0.6 is 0 Å². The number of anilines is 1. The smallest absolute Gasteiger partial charge is 0.255 e. The van der Waals surface area contributed by atoms with Gasteiger partial charge in [0.25, 0.3) is 5.91 Å². The van der Waals surface area contributed by atoms with Gasteiger partial charge in [-0.1, -0.05) is 0 Å². The van der Waals surface area contributed by atoms with E-state index in [1.54, 1.807) is 19.0 Å². The van der Waals surface area contributed by atoms with Crippen LogP contribution in [-0.2, 0) is 25.6 Å². The summed E-state index contributed by atoms with van der Waals surface area (Å²) in [6, 6.07) is 1.58. The first kappa shape index (κ1) is 26.3. The van der Waals surface area contributed by atoms with E-state index in [4.69, 9.17) is 5.73 Å². The first-order valence-corrected chi connectivity index (χ1v) is 11.7. The molecule has 0 aliphatic heterocycles. The highest BCUT2D eigenvalue weighted by molar-refractivity contribution is 6.24. The molecule has 12 nitrogen and oxygen atoms in total. The number of hydrogen-bond donors (Lipinski definition) is 6. The summed E-state index contributed by atoms with van der Waals surface area (Å²) in [7, 11) is 6.51. The molecule has 1 fully saturated rings. The fraction of sp³-hybridized carbons (Fsp3) is 0.440. The predicted molar refractivity (Wildman–Crippen MR) is 131 cm³/mol. The van der Waals surface area contributed by atoms with Gasteiger partial charge in [-0.25, -0.2) is 0 Å². The Morgan fingerprint density at radius 2 is 1.78 bits per heavy atom. The molecule has 0 radical (unpaired) electrons. The van der Waals surface area contributed by atoms with Crippen LogP contribution in [0.5, 0.6) is 5.75 Å². The Morgan fingerprint density at radius 1 is 1.14 bits per heavy atom. The van der Waals surface area contributed by atoms with Crippen molar-refractivity contribution >= 4 is 34.8 Å². The van der Waals surface area contributed by atoms with E-state index in [-0.39, 0.29) is 42.2 Å². The van der Waals surface area contributed by atoms with Crippen LogP contribution in [0.2, 0.25) is 0 Å². The van der Waals surface area contributed by atoms with Crippen LogP contribution < -0.4 is 11.1 Å². The van der Waals surface area contributed by atoms with Gasteiger partial charge in [-0.15, -0.1) is 0 Å². The lowest BCUT2D eigenvalue weighted by atomic mass is 9.57. The molecule has 4 rings (SSSR count). The zero-order valence-corrected chi connectivity index (χ0v) is 20.9. The number of nitrogens with zero attached hydrogens (tertiary/aromatic N) is 2. The third-order valence-electron chi connectivity index (χ3n) is 7.34. The van der Waals surface area contributed by atoms with Crippen molar-refractivity contribution in [1.82, 2.24) is 9.80 Å². The molecule has 198 valence electrons. The zero-order chi connectivity index (χ0) is 27.6. The number of ketones is 2. The maximum atomic E-state index is 13.8. The summed E-state index contributed by atoms with van der Waals surface area (Å²) >= 11 is 0. The highest BCUT2D eigenvalue weighted by atomic mass is 16.3. The van der Waals surface area contributed by atoms with Crippen molar-refractivity contribution in [1.29, 1.82) is 0 Å². The first-order valence-electron chi connectivity index (χ1n) is 11.7. The van der Waals surface area contributed by atoms with E-state index in [0.29, 0.717) is 11.3 Å². The third-order valence-corrected chi connectivity index (χ3v) is 7.34. The monoisotopic (exact) mass is 514 g/mol. The number of nitrogens with two attached hydrogens (primary N) is 1. The molecule has 1 saturated carbocycles. The molecule has 7 N–H and O–H groups in total. The molecule has 0 saturated heterocycles. The first-order chi connectivity index (χ1) is 17.2. The Balaban J connectivity index is 1.89. The van der Waals surface area contributed by atoms with Gasteiger partial charge < -0.3 is 36.4 Å². The van der Waals surface area contributed by atoms with Crippen LogP contribution in [-0.4, -0.2) is 100.0 Å². The average molecular weight is 515 g/mol. The summed E-state index contributed by atoms with van der Waals surface area (Å²) < 4.78 is 0. The molecule has 0 spiro atoms. The van der Waals surface area contributed by atoms with Crippen molar-refractivity contribution in [3.63, 3.8) is 0 Å². The van der Waals surface area contributed by atoms with Gasteiger partial charge in [-0.05, 0) is 64.6 Å². The molecule has 0 heterocycles. The van der Waals surface area contributed by atoms with Crippen LogP contribution in [0.15, 0.2) is 29.0 Å². The fourth-order valence-corrected chi connectivity index (χ4v) is 5.84. The van der Waals surface area contributed by atoms with E-state index in [2.05, 4.69) is 5.32 Å². The number of Topliss-reactive ketones (excluding diaryl/α,β-unsaturated/α-hetero) is 2. The molecule has 1 aromatic carbocycles. The van der Waals surface area contributed by atoms with Gasteiger partial charge >= 0.3 is 0 Å². The molecule has 2 amide bonds. The van der Waals surface area contributed by atoms with Crippen molar-refractivity contribution < 1.29 is 39.6 Å². The number of hydrogen-bond acceptors (Lipinski definition) is 10. The van der Waals surface area contributed by atoms with E-state index in [9.17, 15) is 39.6 Å². The van der Waals surface area contributed by atoms with Crippen molar-refractivity contribution in [3.05, 3.63) is 40.2 Å². The van der Waals surface area contributed by atoms with E-state index in [0.717, 1.165) is 0 Å². The SMILES string of the molecule is CN(C)CC(=O)Nc1ccc(O)c2c1CC1CC3C(N(C)C)C(=O)C(C(N)=O)=C(O)[C@@]3(O)C(=O)C1=C2O. The van der Waals surface area contributed by atoms with E-state index in [1.165, 1.54) is 31.1 Å². The molecular weight excluding hydrogens is 484 g/mol. The average Bonchev–Trinajstić information content (AvgIpc) is 2.77. The van der Waals surface area contributed by atoms with E-state index in [1.807, 2.05) is 0 Å².